The highest BCUT2D eigenvalue weighted by molar-refractivity contribution is 7.17. The van der Waals surface area contributed by atoms with Crippen LogP contribution in [-0.4, -0.2) is 65.7 Å². The lowest BCUT2D eigenvalue weighted by atomic mass is 9.93. The fourth-order valence-electron chi connectivity index (χ4n) is 5.14. The SMILES string of the molecule is O=C(NCc1ncc(F)cc1F)c1cnc(N2CCC(N3CCCC(COC4CCC4)C3)CC2)s1. The van der Waals surface area contributed by atoms with Crippen molar-refractivity contribution in [2.75, 3.05) is 37.7 Å². The zero-order valence-corrected chi connectivity index (χ0v) is 20.7. The van der Waals surface area contributed by atoms with Crippen LogP contribution in [0.15, 0.2) is 18.5 Å². The van der Waals surface area contributed by atoms with Gasteiger partial charge in [0.2, 0.25) is 0 Å². The number of nitrogens with zero attached hydrogens (tertiary/aromatic N) is 4. The molecule has 3 aliphatic rings. The maximum absolute atomic E-state index is 13.7. The number of ether oxygens (including phenoxy) is 1. The van der Waals surface area contributed by atoms with Crippen LogP contribution in [0, 0.1) is 17.6 Å². The molecule has 2 aromatic heterocycles. The van der Waals surface area contributed by atoms with E-state index in [1.54, 1.807) is 6.20 Å². The first-order valence-corrected chi connectivity index (χ1v) is 13.5. The molecule has 10 heteroatoms. The zero-order valence-electron chi connectivity index (χ0n) is 19.9. The minimum absolute atomic E-state index is 0.00103. The summed E-state index contributed by atoms with van der Waals surface area (Å²) in [5.74, 6) is -1.20. The van der Waals surface area contributed by atoms with Gasteiger partial charge in [0.25, 0.3) is 5.91 Å². The van der Waals surface area contributed by atoms with Crippen LogP contribution < -0.4 is 10.2 Å². The lowest BCUT2D eigenvalue weighted by molar-refractivity contribution is -0.0327. The summed E-state index contributed by atoms with van der Waals surface area (Å²) in [6, 6.07) is 1.36. The molecule has 2 saturated heterocycles. The van der Waals surface area contributed by atoms with Crippen molar-refractivity contribution in [1.29, 1.82) is 0 Å². The highest BCUT2D eigenvalue weighted by atomic mass is 32.1. The van der Waals surface area contributed by atoms with Gasteiger partial charge in [-0.25, -0.2) is 13.8 Å². The Hall–Kier alpha value is -2.17. The molecule has 1 saturated carbocycles. The summed E-state index contributed by atoms with van der Waals surface area (Å²) < 4.78 is 32.8. The first-order chi connectivity index (χ1) is 17.0. The van der Waals surface area contributed by atoms with Gasteiger partial charge < -0.3 is 15.0 Å². The van der Waals surface area contributed by atoms with Crippen molar-refractivity contribution in [2.45, 2.75) is 63.6 Å². The zero-order chi connectivity index (χ0) is 24.2. The standard InChI is InChI=1S/C25H33F2N5O2S/c26-18-11-21(27)22(28-12-18)13-29-24(33)23-14-30-25(35-23)31-9-6-19(7-10-31)32-8-2-3-17(15-32)16-34-20-4-1-5-20/h11-12,14,17,19-20H,1-10,13,15-16H2,(H,29,33). The number of aromatic nitrogens is 2. The van der Waals surface area contributed by atoms with Crippen LogP contribution in [0.25, 0.3) is 0 Å². The number of piperidine rings is 2. The van der Waals surface area contributed by atoms with Crippen LogP contribution in [0.3, 0.4) is 0 Å². The fourth-order valence-corrected chi connectivity index (χ4v) is 6.02. The van der Waals surface area contributed by atoms with Crippen LogP contribution in [0.5, 0.6) is 0 Å². The van der Waals surface area contributed by atoms with Crippen LogP contribution in [0.4, 0.5) is 13.9 Å². The number of anilines is 1. The van der Waals surface area contributed by atoms with Crippen molar-refractivity contribution in [2.24, 2.45) is 5.92 Å². The average Bonchev–Trinajstić information content (AvgIpc) is 3.33. The Morgan fingerprint density at radius 2 is 1.91 bits per heavy atom. The van der Waals surface area contributed by atoms with Crippen LogP contribution >= 0.6 is 11.3 Å². The number of rotatable bonds is 8. The molecule has 1 unspecified atom stereocenters. The molecule has 1 aliphatic carbocycles. The van der Waals surface area contributed by atoms with Gasteiger partial charge in [-0.15, -0.1) is 0 Å². The van der Waals surface area contributed by atoms with E-state index in [0.717, 1.165) is 56.5 Å². The first kappa shape index (κ1) is 24.5. The van der Waals surface area contributed by atoms with Gasteiger partial charge in [-0.2, -0.15) is 0 Å². The molecule has 5 rings (SSSR count). The number of carbonyl (C=O) groups excluding carboxylic acids is 1. The lowest BCUT2D eigenvalue weighted by Gasteiger charge is -2.42. The normalized spacial score (nSPS) is 22.2. The van der Waals surface area contributed by atoms with E-state index in [1.165, 1.54) is 50.0 Å². The highest BCUT2D eigenvalue weighted by Crippen LogP contribution is 2.30. The molecule has 0 aromatic carbocycles. The smallest absolute Gasteiger partial charge is 0.263 e. The van der Waals surface area contributed by atoms with Gasteiger partial charge in [-0.3, -0.25) is 14.7 Å². The maximum Gasteiger partial charge on any atom is 0.263 e. The summed E-state index contributed by atoms with van der Waals surface area (Å²) in [7, 11) is 0. The van der Waals surface area contributed by atoms with E-state index in [1.807, 2.05) is 0 Å². The van der Waals surface area contributed by atoms with Crippen molar-refractivity contribution in [3.63, 3.8) is 0 Å². The number of hydrogen-bond donors (Lipinski definition) is 1. The van der Waals surface area contributed by atoms with Crippen molar-refractivity contribution < 1.29 is 18.3 Å². The lowest BCUT2D eigenvalue weighted by Crippen LogP contribution is -2.49. The molecule has 0 bridgehead atoms. The number of pyridine rings is 1. The fraction of sp³-hybridized carbons (Fsp3) is 0.640. The van der Waals surface area contributed by atoms with Gasteiger partial charge in [-0.05, 0) is 57.4 Å². The summed E-state index contributed by atoms with van der Waals surface area (Å²) >= 11 is 1.34. The molecule has 0 spiro atoms. The molecule has 2 aromatic rings. The van der Waals surface area contributed by atoms with Crippen LogP contribution in [0.2, 0.25) is 0 Å². The minimum atomic E-state index is -0.774. The predicted octanol–water partition coefficient (Wildman–Crippen LogP) is 4.00. The number of carbonyl (C=O) groups is 1. The number of thiazole rings is 1. The van der Waals surface area contributed by atoms with Crippen molar-refractivity contribution in [3.8, 4) is 0 Å². The molecule has 1 amide bonds. The molecule has 1 atom stereocenters. The van der Waals surface area contributed by atoms with E-state index in [4.69, 9.17) is 4.74 Å². The molecule has 2 aliphatic heterocycles. The molecule has 0 radical (unpaired) electrons. The van der Waals surface area contributed by atoms with Gasteiger partial charge in [-0.1, -0.05) is 11.3 Å². The summed E-state index contributed by atoms with van der Waals surface area (Å²) in [5, 5.41) is 3.48. The number of hydrogen-bond acceptors (Lipinski definition) is 7. The molecular weight excluding hydrogens is 472 g/mol. The third-order valence-corrected chi connectivity index (χ3v) is 8.50. The van der Waals surface area contributed by atoms with Gasteiger partial charge in [0.15, 0.2) is 5.13 Å². The monoisotopic (exact) mass is 505 g/mol. The van der Waals surface area contributed by atoms with Crippen LogP contribution in [0.1, 0.15) is 60.3 Å². The Morgan fingerprint density at radius 1 is 1.09 bits per heavy atom. The van der Waals surface area contributed by atoms with E-state index in [-0.39, 0.29) is 18.1 Å². The minimum Gasteiger partial charge on any atom is -0.378 e. The summed E-state index contributed by atoms with van der Waals surface area (Å²) in [4.78, 5) is 26.0. The molecule has 1 N–H and O–H groups in total. The predicted molar refractivity (Wildman–Crippen MR) is 131 cm³/mol. The number of nitrogens with one attached hydrogen (secondary N) is 1. The van der Waals surface area contributed by atoms with E-state index in [9.17, 15) is 13.6 Å². The molecular formula is C25H33F2N5O2S. The largest absolute Gasteiger partial charge is 0.378 e. The van der Waals surface area contributed by atoms with Gasteiger partial charge in [0.05, 0.1) is 37.3 Å². The van der Waals surface area contributed by atoms with Crippen molar-refractivity contribution in [3.05, 3.63) is 40.7 Å². The van der Waals surface area contributed by atoms with E-state index >= 15 is 0 Å². The highest BCUT2D eigenvalue weighted by Gasteiger charge is 2.30. The first-order valence-electron chi connectivity index (χ1n) is 12.7. The van der Waals surface area contributed by atoms with Crippen molar-refractivity contribution in [1.82, 2.24) is 20.2 Å². The molecule has 4 heterocycles. The van der Waals surface area contributed by atoms with E-state index in [0.29, 0.717) is 22.9 Å². The van der Waals surface area contributed by atoms with Crippen molar-refractivity contribution >= 4 is 22.4 Å². The summed E-state index contributed by atoms with van der Waals surface area (Å²) in [5.41, 5.74) is 0.00103. The third-order valence-electron chi connectivity index (χ3n) is 7.44. The van der Waals surface area contributed by atoms with E-state index in [2.05, 4.69) is 25.1 Å². The van der Waals surface area contributed by atoms with Gasteiger partial charge in [0.1, 0.15) is 16.5 Å². The summed E-state index contributed by atoms with van der Waals surface area (Å²) in [6.45, 7) is 4.96. The Morgan fingerprint density at radius 3 is 2.66 bits per heavy atom. The molecule has 3 fully saturated rings. The third kappa shape index (κ3) is 6.16. The Kier molecular flexibility index (Phi) is 7.89. The van der Waals surface area contributed by atoms with E-state index < -0.39 is 11.6 Å². The number of amides is 1. The Bertz CT molecular complexity index is 1010. The Labute approximate surface area is 208 Å². The summed E-state index contributed by atoms with van der Waals surface area (Å²) in [6.07, 6.45) is 11.5. The molecule has 35 heavy (non-hydrogen) atoms. The second-order valence-electron chi connectivity index (χ2n) is 9.88. The maximum atomic E-state index is 13.7. The molecule has 190 valence electrons. The average molecular weight is 506 g/mol. The quantitative estimate of drug-likeness (QED) is 0.585. The number of likely N-dealkylation sites (tertiary alicyclic amines) is 1. The Balaban J connectivity index is 1.08. The second kappa shape index (κ2) is 11.3. The van der Waals surface area contributed by atoms with Crippen LogP contribution in [-0.2, 0) is 11.3 Å². The van der Waals surface area contributed by atoms with Gasteiger partial charge in [0, 0.05) is 31.7 Å². The topological polar surface area (TPSA) is 70.6 Å². The second-order valence-corrected chi connectivity index (χ2v) is 10.9. The molecule has 7 nitrogen and oxygen atoms in total. The van der Waals surface area contributed by atoms with Gasteiger partial charge >= 0.3 is 0 Å². The number of halogens is 2.